The summed E-state index contributed by atoms with van der Waals surface area (Å²) >= 11 is 0. The molecule has 8 heteroatoms. The zero-order valence-electron chi connectivity index (χ0n) is 17.4. The van der Waals surface area contributed by atoms with Gasteiger partial charge in [-0.05, 0) is 50.4 Å². The van der Waals surface area contributed by atoms with E-state index in [-0.39, 0.29) is 37.2 Å². The van der Waals surface area contributed by atoms with Crippen LogP contribution in [0.3, 0.4) is 0 Å². The van der Waals surface area contributed by atoms with Crippen LogP contribution in [0.4, 0.5) is 0 Å². The summed E-state index contributed by atoms with van der Waals surface area (Å²) in [6.07, 6.45) is 9.36. The summed E-state index contributed by atoms with van der Waals surface area (Å²) in [6.45, 7) is 0. The Balaban J connectivity index is 2.81. The molecule has 8 nitrogen and oxygen atoms in total. The Morgan fingerprint density at radius 3 is 1.60 bits per heavy atom. The SMILES string of the molecule is C#C[C@@H]1OC(CCCCC(=O)O)[C@@H](CCCCC(=O)O)[C@@H](CCCCC(=O)O)[C@H]1O. The van der Waals surface area contributed by atoms with Crippen LogP contribution in [-0.2, 0) is 19.1 Å². The molecule has 30 heavy (non-hydrogen) atoms. The highest BCUT2D eigenvalue weighted by molar-refractivity contribution is 5.67. The van der Waals surface area contributed by atoms with E-state index in [2.05, 4.69) is 5.92 Å². The molecule has 0 aliphatic carbocycles. The number of carboxylic acids is 3. The highest BCUT2D eigenvalue weighted by Crippen LogP contribution is 2.39. The third-order valence-electron chi connectivity index (χ3n) is 5.75. The molecule has 0 aromatic heterocycles. The molecule has 1 aliphatic rings. The van der Waals surface area contributed by atoms with Crippen molar-refractivity contribution in [2.45, 2.75) is 95.4 Å². The Labute approximate surface area is 177 Å². The van der Waals surface area contributed by atoms with Gasteiger partial charge < -0.3 is 25.2 Å². The van der Waals surface area contributed by atoms with Crippen molar-refractivity contribution in [3.63, 3.8) is 0 Å². The molecule has 1 unspecified atom stereocenters. The lowest BCUT2D eigenvalue weighted by Gasteiger charge is -2.44. The van der Waals surface area contributed by atoms with Crippen molar-refractivity contribution in [3.8, 4) is 12.3 Å². The van der Waals surface area contributed by atoms with E-state index >= 15 is 0 Å². The molecule has 0 aromatic rings. The third-order valence-corrected chi connectivity index (χ3v) is 5.75. The zero-order valence-corrected chi connectivity index (χ0v) is 17.4. The minimum Gasteiger partial charge on any atom is -0.481 e. The molecule has 0 bridgehead atoms. The summed E-state index contributed by atoms with van der Waals surface area (Å²) in [7, 11) is 0. The van der Waals surface area contributed by atoms with Crippen molar-refractivity contribution >= 4 is 17.9 Å². The molecular formula is C22H34O8. The van der Waals surface area contributed by atoms with Gasteiger partial charge in [0.2, 0.25) is 0 Å². The van der Waals surface area contributed by atoms with Gasteiger partial charge in [-0.25, -0.2) is 0 Å². The van der Waals surface area contributed by atoms with E-state index in [0.29, 0.717) is 57.8 Å². The number of carboxylic acid groups (broad SMARTS) is 3. The number of ether oxygens (including phenoxy) is 1. The first-order valence-electron chi connectivity index (χ1n) is 10.7. The van der Waals surface area contributed by atoms with E-state index < -0.39 is 30.1 Å². The van der Waals surface area contributed by atoms with Crippen molar-refractivity contribution in [1.82, 2.24) is 0 Å². The molecule has 1 fully saturated rings. The fourth-order valence-corrected chi connectivity index (χ4v) is 4.26. The maximum absolute atomic E-state index is 10.8. The van der Waals surface area contributed by atoms with Crippen molar-refractivity contribution < 1.29 is 39.5 Å². The maximum atomic E-state index is 10.8. The van der Waals surface area contributed by atoms with Crippen molar-refractivity contribution in [2.75, 3.05) is 0 Å². The van der Waals surface area contributed by atoms with Crippen LogP contribution in [0.15, 0.2) is 0 Å². The number of terminal acetylenes is 1. The number of carbonyl (C=O) groups is 3. The molecule has 170 valence electrons. The number of rotatable bonds is 15. The number of unbranched alkanes of at least 4 members (excludes halogenated alkanes) is 3. The molecule has 0 aromatic carbocycles. The van der Waals surface area contributed by atoms with Crippen molar-refractivity contribution in [3.05, 3.63) is 0 Å². The topological polar surface area (TPSA) is 141 Å². The van der Waals surface area contributed by atoms with Gasteiger partial charge in [0.15, 0.2) is 0 Å². The van der Waals surface area contributed by atoms with E-state index in [1.807, 2.05) is 0 Å². The minimum absolute atomic E-state index is 0.0342. The average Bonchev–Trinajstić information content (AvgIpc) is 2.67. The minimum atomic E-state index is -0.862. The largest absolute Gasteiger partial charge is 0.481 e. The average molecular weight is 427 g/mol. The predicted molar refractivity (Wildman–Crippen MR) is 109 cm³/mol. The van der Waals surface area contributed by atoms with Crippen LogP contribution < -0.4 is 0 Å². The van der Waals surface area contributed by atoms with Gasteiger partial charge in [0, 0.05) is 19.3 Å². The second kappa shape index (κ2) is 14.0. The summed E-state index contributed by atoms with van der Waals surface area (Å²) in [4.78, 5) is 32.3. The van der Waals surface area contributed by atoms with Gasteiger partial charge >= 0.3 is 17.9 Å². The fourth-order valence-electron chi connectivity index (χ4n) is 4.26. The zero-order chi connectivity index (χ0) is 22.5. The first-order valence-corrected chi connectivity index (χ1v) is 10.7. The van der Waals surface area contributed by atoms with Gasteiger partial charge in [-0.2, -0.15) is 0 Å². The van der Waals surface area contributed by atoms with Crippen LogP contribution in [-0.4, -0.2) is 56.6 Å². The van der Waals surface area contributed by atoms with Gasteiger partial charge in [-0.1, -0.05) is 25.2 Å². The predicted octanol–water partition coefficient (Wildman–Crippen LogP) is 2.92. The van der Waals surface area contributed by atoms with E-state index in [9.17, 15) is 19.5 Å². The lowest BCUT2D eigenvalue weighted by molar-refractivity contribution is -0.161. The molecule has 0 radical (unpaired) electrons. The quantitative estimate of drug-likeness (QED) is 0.231. The summed E-state index contributed by atoms with van der Waals surface area (Å²) in [5.74, 6) is -0.257. The maximum Gasteiger partial charge on any atom is 0.303 e. The summed E-state index contributed by atoms with van der Waals surface area (Å²) in [6, 6.07) is 0. The Kier molecular flexibility index (Phi) is 12.1. The van der Waals surface area contributed by atoms with Crippen molar-refractivity contribution in [1.29, 1.82) is 0 Å². The van der Waals surface area contributed by atoms with Gasteiger partial charge in [0.05, 0.1) is 12.2 Å². The van der Waals surface area contributed by atoms with Crippen LogP contribution in [0.2, 0.25) is 0 Å². The number of hydrogen-bond acceptors (Lipinski definition) is 5. The molecule has 0 saturated carbocycles. The van der Waals surface area contributed by atoms with Crippen LogP contribution >= 0.6 is 0 Å². The smallest absolute Gasteiger partial charge is 0.303 e. The Bertz CT molecular complexity index is 596. The van der Waals surface area contributed by atoms with Gasteiger partial charge in [0.1, 0.15) is 6.10 Å². The monoisotopic (exact) mass is 426 g/mol. The first kappa shape index (κ1) is 25.9. The van der Waals surface area contributed by atoms with Crippen LogP contribution in [0.1, 0.15) is 77.0 Å². The molecular weight excluding hydrogens is 392 g/mol. The van der Waals surface area contributed by atoms with E-state index in [1.165, 1.54) is 0 Å². The summed E-state index contributed by atoms with van der Waals surface area (Å²) in [5.41, 5.74) is 0. The number of hydrogen-bond donors (Lipinski definition) is 4. The Hall–Kier alpha value is -2.11. The Morgan fingerprint density at radius 2 is 1.17 bits per heavy atom. The van der Waals surface area contributed by atoms with Crippen LogP contribution in [0.5, 0.6) is 0 Å². The lowest BCUT2D eigenvalue weighted by atomic mass is 9.73. The standard InChI is InChI=1S/C22H34O8/c1-2-17-22(29)16(10-4-7-13-20(25)26)15(9-3-6-12-19(23)24)18(30-17)11-5-8-14-21(27)28/h1,15-18,22,29H,3-14H2,(H,23,24)(H,25,26)(H,27,28)/t15-,16+,17-,18?,22+/m0/s1. The second-order valence-corrected chi connectivity index (χ2v) is 8.00. The first-order chi connectivity index (χ1) is 14.3. The molecule has 0 spiro atoms. The van der Waals surface area contributed by atoms with Gasteiger partial charge in [-0.3, -0.25) is 14.4 Å². The third kappa shape index (κ3) is 9.59. The molecule has 1 rings (SSSR count). The normalized spacial score (nSPS) is 26.1. The van der Waals surface area contributed by atoms with Crippen LogP contribution in [0.25, 0.3) is 0 Å². The number of aliphatic hydroxyl groups excluding tert-OH is 1. The highest BCUT2D eigenvalue weighted by atomic mass is 16.5. The lowest BCUT2D eigenvalue weighted by Crippen LogP contribution is -2.50. The molecule has 0 amide bonds. The second-order valence-electron chi connectivity index (χ2n) is 8.00. The molecule has 1 heterocycles. The number of aliphatic hydroxyl groups is 1. The van der Waals surface area contributed by atoms with E-state index in [4.69, 9.17) is 26.5 Å². The molecule has 5 atom stereocenters. The Morgan fingerprint density at radius 1 is 0.733 bits per heavy atom. The van der Waals surface area contributed by atoms with E-state index in [0.717, 1.165) is 0 Å². The molecule has 4 N–H and O–H groups in total. The van der Waals surface area contributed by atoms with E-state index in [1.54, 1.807) is 0 Å². The fraction of sp³-hybridized carbons (Fsp3) is 0.773. The molecule has 1 aliphatic heterocycles. The van der Waals surface area contributed by atoms with Gasteiger partial charge in [-0.15, -0.1) is 6.42 Å². The number of aliphatic carboxylic acids is 3. The van der Waals surface area contributed by atoms with Gasteiger partial charge in [0.25, 0.3) is 0 Å². The summed E-state index contributed by atoms with van der Waals surface area (Å²) < 4.78 is 5.98. The van der Waals surface area contributed by atoms with Crippen molar-refractivity contribution in [2.24, 2.45) is 11.8 Å². The molecule has 1 saturated heterocycles. The summed E-state index contributed by atoms with van der Waals surface area (Å²) in [5, 5.41) is 37.3. The van der Waals surface area contributed by atoms with Crippen LogP contribution in [0, 0.1) is 24.2 Å². The highest BCUT2D eigenvalue weighted by Gasteiger charge is 2.43.